The van der Waals surface area contributed by atoms with E-state index in [2.05, 4.69) is 10.2 Å². The molecule has 3 amide bonds. The number of rotatable bonds is 4. The molecule has 0 aromatic heterocycles. The molecule has 2 N–H and O–H groups in total. The van der Waals surface area contributed by atoms with Gasteiger partial charge in [0.1, 0.15) is 17.6 Å². The van der Waals surface area contributed by atoms with Crippen LogP contribution in [0.5, 0.6) is 5.75 Å². The lowest BCUT2D eigenvalue weighted by atomic mass is 9.85. The average molecular weight is 466 g/mol. The Morgan fingerprint density at radius 2 is 1.85 bits per heavy atom. The molecule has 3 aliphatic heterocycles. The van der Waals surface area contributed by atoms with Crippen LogP contribution < -0.4 is 5.32 Å². The highest BCUT2D eigenvalue weighted by molar-refractivity contribution is 6.05. The molecule has 7 nitrogen and oxygen atoms in total. The van der Waals surface area contributed by atoms with E-state index >= 15 is 0 Å². The summed E-state index contributed by atoms with van der Waals surface area (Å²) in [6, 6.07) is 7.80. The van der Waals surface area contributed by atoms with Gasteiger partial charge in [0.25, 0.3) is 5.91 Å². The van der Waals surface area contributed by atoms with Crippen LogP contribution in [0.1, 0.15) is 64.2 Å². The standard InChI is InChI=1S/C26H28FN3O4/c1-15-2-3-17(23(31)10-15)13-29-8-6-16(7-9-29)19-11-18(27)12-20-21(19)14-30(26(20)34)22-4-5-24(32)28-25(22)33/h2-3,10-12,16,22,31H,4-9,13-14H2,1H3,(H,28,32,33). The topological polar surface area (TPSA) is 90.0 Å². The van der Waals surface area contributed by atoms with E-state index in [1.54, 1.807) is 6.07 Å². The number of halogens is 1. The van der Waals surface area contributed by atoms with E-state index in [0.29, 0.717) is 17.9 Å². The minimum Gasteiger partial charge on any atom is -0.508 e. The van der Waals surface area contributed by atoms with Crippen LogP contribution in [-0.4, -0.2) is 51.8 Å². The molecule has 8 heteroatoms. The number of piperidine rings is 2. The number of phenolic OH excluding ortho intramolecular Hbond substituents is 1. The zero-order valence-corrected chi connectivity index (χ0v) is 19.1. The monoisotopic (exact) mass is 465 g/mol. The van der Waals surface area contributed by atoms with Crippen molar-refractivity contribution in [1.82, 2.24) is 15.1 Å². The molecule has 2 saturated heterocycles. The normalized spacial score (nSPS) is 21.6. The number of fused-ring (bicyclic) bond motifs is 1. The number of imide groups is 1. The van der Waals surface area contributed by atoms with E-state index in [4.69, 9.17) is 0 Å². The van der Waals surface area contributed by atoms with Gasteiger partial charge in [0.05, 0.1) is 0 Å². The maximum Gasteiger partial charge on any atom is 0.255 e. The van der Waals surface area contributed by atoms with E-state index < -0.39 is 17.8 Å². The number of aryl methyl sites for hydroxylation is 1. The van der Waals surface area contributed by atoms with Gasteiger partial charge in [-0.1, -0.05) is 12.1 Å². The molecule has 0 saturated carbocycles. The minimum absolute atomic E-state index is 0.113. The molecule has 2 fully saturated rings. The summed E-state index contributed by atoms with van der Waals surface area (Å²) in [5, 5.41) is 12.5. The quantitative estimate of drug-likeness (QED) is 0.678. The van der Waals surface area contributed by atoms with Crippen molar-refractivity contribution in [2.24, 2.45) is 0 Å². The number of aromatic hydroxyl groups is 1. The first-order chi connectivity index (χ1) is 16.3. The van der Waals surface area contributed by atoms with Crippen molar-refractivity contribution in [3.8, 4) is 5.75 Å². The van der Waals surface area contributed by atoms with Gasteiger partial charge in [-0.2, -0.15) is 0 Å². The Hall–Kier alpha value is -3.26. The van der Waals surface area contributed by atoms with E-state index in [0.717, 1.165) is 48.2 Å². The van der Waals surface area contributed by atoms with E-state index in [1.807, 2.05) is 19.1 Å². The third kappa shape index (κ3) is 4.18. The van der Waals surface area contributed by atoms with Crippen molar-refractivity contribution in [2.75, 3.05) is 13.1 Å². The number of amides is 3. The molecule has 178 valence electrons. The number of carbonyl (C=O) groups is 3. The van der Waals surface area contributed by atoms with E-state index in [1.165, 1.54) is 17.0 Å². The van der Waals surface area contributed by atoms with Crippen LogP contribution in [0.3, 0.4) is 0 Å². The summed E-state index contributed by atoms with van der Waals surface area (Å²) in [6.45, 7) is 4.45. The van der Waals surface area contributed by atoms with E-state index in [9.17, 15) is 23.9 Å². The Labute approximate surface area is 197 Å². The third-order valence-electron chi connectivity index (χ3n) is 7.32. The van der Waals surface area contributed by atoms with Crippen molar-refractivity contribution in [1.29, 1.82) is 0 Å². The molecular formula is C26H28FN3O4. The van der Waals surface area contributed by atoms with Crippen molar-refractivity contribution < 1.29 is 23.9 Å². The van der Waals surface area contributed by atoms with Gasteiger partial charge in [0, 0.05) is 30.6 Å². The Kier molecular flexibility index (Phi) is 5.85. The van der Waals surface area contributed by atoms with Crippen molar-refractivity contribution in [3.05, 3.63) is 64.0 Å². The fraction of sp³-hybridized carbons (Fsp3) is 0.423. The maximum absolute atomic E-state index is 14.6. The van der Waals surface area contributed by atoms with Crippen LogP contribution in [0.2, 0.25) is 0 Å². The average Bonchev–Trinajstić information content (AvgIpc) is 3.12. The van der Waals surface area contributed by atoms with Crippen LogP contribution in [0, 0.1) is 12.7 Å². The summed E-state index contributed by atoms with van der Waals surface area (Å²) in [5.41, 5.74) is 3.87. The largest absolute Gasteiger partial charge is 0.508 e. The second kappa shape index (κ2) is 8.83. The van der Waals surface area contributed by atoms with Crippen LogP contribution in [0.4, 0.5) is 4.39 Å². The van der Waals surface area contributed by atoms with Gasteiger partial charge in [-0.15, -0.1) is 0 Å². The Bertz CT molecular complexity index is 1170. The van der Waals surface area contributed by atoms with Crippen molar-refractivity contribution in [3.63, 3.8) is 0 Å². The smallest absolute Gasteiger partial charge is 0.255 e. The molecule has 0 radical (unpaired) electrons. The molecule has 0 bridgehead atoms. The predicted octanol–water partition coefficient (Wildman–Crippen LogP) is 2.98. The first kappa shape index (κ1) is 22.5. The number of hydrogen-bond acceptors (Lipinski definition) is 5. The lowest BCUT2D eigenvalue weighted by Crippen LogP contribution is -2.52. The van der Waals surface area contributed by atoms with Crippen LogP contribution >= 0.6 is 0 Å². The Balaban J connectivity index is 1.31. The van der Waals surface area contributed by atoms with E-state index in [-0.39, 0.29) is 37.1 Å². The van der Waals surface area contributed by atoms with Crippen molar-refractivity contribution in [2.45, 2.75) is 57.7 Å². The molecule has 0 aliphatic carbocycles. The number of phenols is 1. The first-order valence-electron chi connectivity index (χ1n) is 11.8. The number of carbonyl (C=O) groups excluding carboxylic acids is 3. The molecule has 2 aromatic rings. The fourth-order valence-electron chi connectivity index (χ4n) is 5.47. The van der Waals surface area contributed by atoms with Gasteiger partial charge in [-0.3, -0.25) is 24.6 Å². The number of nitrogens with zero attached hydrogens (tertiary/aromatic N) is 2. The molecule has 34 heavy (non-hydrogen) atoms. The summed E-state index contributed by atoms with van der Waals surface area (Å²) < 4.78 is 14.6. The zero-order chi connectivity index (χ0) is 24.0. The lowest BCUT2D eigenvalue weighted by Gasteiger charge is -2.33. The second-order valence-corrected chi connectivity index (χ2v) is 9.60. The summed E-state index contributed by atoms with van der Waals surface area (Å²) in [6.07, 6.45) is 2.10. The molecule has 3 heterocycles. The highest BCUT2D eigenvalue weighted by Gasteiger charge is 2.41. The van der Waals surface area contributed by atoms with Gasteiger partial charge in [0.15, 0.2) is 0 Å². The van der Waals surface area contributed by atoms with Crippen molar-refractivity contribution >= 4 is 17.7 Å². The van der Waals surface area contributed by atoms with Gasteiger partial charge in [-0.05, 0) is 80.1 Å². The SMILES string of the molecule is Cc1ccc(CN2CCC(c3cc(F)cc4c3CN(C3CCC(=O)NC3=O)C4=O)CC2)c(O)c1. The Morgan fingerprint density at radius 3 is 2.56 bits per heavy atom. The number of benzene rings is 2. The van der Waals surface area contributed by atoms with Crippen LogP contribution in [0.15, 0.2) is 30.3 Å². The number of likely N-dealkylation sites (tertiary alicyclic amines) is 1. The minimum atomic E-state index is -0.711. The molecule has 3 aliphatic rings. The summed E-state index contributed by atoms with van der Waals surface area (Å²) in [5.74, 6) is -1.18. The number of nitrogens with one attached hydrogen (secondary N) is 1. The molecular weight excluding hydrogens is 437 g/mol. The van der Waals surface area contributed by atoms with Gasteiger partial charge >= 0.3 is 0 Å². The molecule has 1 unspecified atom stereocenters. The Morgan fingerprint density at radius 1 is 1.09 bits per heavy atom. The fourth-order valence-corrected chi connectivity index (χ4v) is 5.47. The summed E-state index contributed by atoms with van der Waals surface area (Å²) >= 11 is 0. The number of hydrogen-bond donors (Lipinski definition) is 2. The molecule has 1 atom stereocenters. The predicted molar refractivity (Wildman–Crippen MR) is 123 cm³/mol. The first-order valence-corrected chi connectivity index (χ1v) is 11.8. The zero-order valence-electron chi connectivity index (χ0n) is 19.1. The summed E-state index contributed by atoms with van der Waals surface area (Å²) in [7, 11) is 0. The lowest BCUT2D eigenvalue weighted by molar-refractivity contribution is -0.136. The van der Waals surface area contributed by atoms with Crippen LogP contribution in [-0.2, 0) is 22.7 Å². The third-order valence-corrected chi connectivity index (χ3v) is 7.32. The molecule has 5 rings (SSSR count). The molecule has 2 aromatic carbocycles. The summed E-state index contributed by atoms with van der Waals surface area (Å²) in [4.78, 5) is 40.7. The van der Waals surface area contributed by atoms with Gasteiger partial charge < -0.3 is 10.0 Å². The second-order valence-electron chi connectivity index (χ2n) is 9.60. The van der Waals surface area contributed by atoms with Gasteiger partial charge in [0.2, 0.25) is 11.8 Å². The highest BCUT2D eigenvalue weighted by Crippen LogP contribution is 2.38. The molecule has 0 spiro atoms. The highest BCUT2D eigenvalue weighted by atomic mass is 19.1. The maximum atomic E-state index is 14.6. The van der Waals surface area contributed by atoms with Gasteiger partial charge in [-0.25, -0.2) is 4.39 Å². The van der Waals surface area contributed by atoms with Crippen LogP contribution in [0.25, 0.3) is 0 Å².